The van der Waals surface area contributed by atoms with Crippen LogP contribution >= 0.6 is 11.6 Å². The summed E-state index contributed by atoms with van der Waals surface area (Å²) in [6.45, 7) is 7.63. The van der Waals surface area contributed by atoms with Crippen molar-refractivity contribution in [1.82, 2.24) is 9.97 Å². The summed E-state index contributed by atoms with van der Waals surface area (Å²) in [5, 5.41) is 2.58. The summed E-state index contributed by atoms with van der Waals surface area (Å²) >= 11 is 5.77. The van der Waals surface area contributed by atoms with Gasteiger partial charge >= 0.3 is 0 Å². The van der Waals surface area contributed by atoms with Crippen molar-refractivity contribution in [2.24, 2.45) is 0 Å². The largest absolute Gasteiger partial charge is 0.473 e. The fourth-order valence-corrected chi connectivity index (χ4v) is 2.69. The van der Waals surface area contributed by atoms with Gasteiger partial charge in [0.05, 0.1) is 22.2 Å². The molecule has 0 aliphatic heterocycles. The normalized spacial score (nSPS) is 11.1. The number of aromatic nitrogens is 2. The Morgan fingerprint density at radius 3 is 2.33 bits per heavy atom. The number of rotatable bonds is 4. The Morgan fingerprint density at radius 2 is 1.74 bits per heavy atom. The van der Waals surface area contributed by atoms with Crippen LogP contribution in [0, 0.1) is 19.7 Å². The molecule has 140 valence electrons. The number of fused-ring (bicyclic) bond motifs is 1. The Balaban J connectivity index is 2.05. The van der Waals surface area contributed by atoms with Gasteiger partial charge in [-0.3, -0.25) is 4.79 Å². The summed E-state index contributed by atoms with van der Waals surface area (Å²) in [6.07, 6.45) is -0.185. The lowest BCUT2D eigenvalue weighted by atomic mass is 10.1. The standard InChI is InChI=1S/C20H19ClFN3O2/c1-10(2)27-20-18(19(26)23-13-5-6-15(22)14(21)9-13)24-16-7-11(3)12(4)8-17(16)25-20/h5-10H,1-4H3,(H,23,26). The van der Waals surface area contributed by atoms with E-state index >= 15 is 0 Å². The minimum atomic E-state index is -0.560. The van der Waals surface area contributed by atoms with Crippen molar-refractivity contribution in [2.45, 2.75) is 33.8 Å². The second-order valence-corrected chi connectivity index (χ2v) is 6.96. The molecule has 0 saturated heterocycles. The van der Waals surface area contributed by atoms with E-state index in [0.717, 1.165) is 11.1 Å². The van der Waals surface area contributed by atoms with Crippen molar-refractivity contribution in [3.8, 4) is 5.88 Å². The number of halogens is 2. The monoisotopic (exact) mass is 387 g/mol. The summed E-state index contributed by atoms with van der Waals surface area (Å²) in [5.74, 6) is -0.928. The van der Waals surface area contributed by atoms with Gasteiger partial charge in [-0.15, -0.1) is 0 Å². The first-order chi connectivity index (χ1) is 12.7. The highest BCUT2D eigenvalue weighted by Gasteiger charge is 2.20. The van der Waals surface area contributed by atoms with Crippen LogP contribution in [-0.2, 0) is 0 Å². The van der Waals surface area contributed by atoms with Gasteiger partial charge in [0.1, 0.15) is 5.82 Å². The van der Waals surface area contributed by atoms with E-state index in [2.05, 4.69) is 15.3 Å². The third-order valence-electron chi connectivity index (χ3n) is 3.99. The molecular weight excluding hydrogens is 369 g/mol. The molecule has 1 aromatic heterocycles. The van der Waals surface area contributed by atoms with E-state index in [9.17, 15) is 9.18 Å². The molecule has 0 aliphatic carbocycles. The van der Waals surface area contributed by atoms with Crippen molar-refractivity contribution in [3.63, 3.8) is 0 Å². The SMILES string of the molecule is Cc1cc2nc(OC(C)C)c(C(=O)Nc3ccc(F)c(Cl)c3)nc2cc1C. The smallest absolute Gasteiger partial charge is 0.279 e. The molecule has 1 heterocycles. The van der Waals surface area contributed by atoms with Gasteiger partial charge in [0.2, 0.25) is 5.88 Å². The number of benzene rings is 2. The van der Waals surface area contributed by atoms with Crippen LogP contribution < -0.4 is 10.1 Å². The molecule has 5 nitrogen and oxygen atoms in total. The lowest BCUT2D eigenvalue weighted by Gasteiger charge is -2.14. The highest BCUT2D eigenvalue weighted by molar-refractivity contribution is 6.31. The van der Waals surface area contributed by atoms with Crippen molar-refractivity contribution in [3.05, 3.63) is 58.0 Å². The Kier molecular flexibility index (Phi) is 5.28. The molecule has 0 unspecified atom stereocenters. The average Bonchev–Trinajstić information content (AvgIpc) is 2.58. The van der Waals surface area contributed by atoms with Gasteiger partial charge in [-0.1, -0.05) is 11.6 Å². The molecule has 0 atom stereocenters. The van der Waals surface area contributed by atoms with E-state index in [1.54, 1.807) is 0 Å². The van der Waals surface area contributed by atoms with Crippen LogP contribution in [0.1, 0.15) is 35.5 Å². The number of hydrogen-bond donors (Lipinski definition) is 1. The van der Waals surface area contributed by atoms with Crippen LogP contribution in [0.3, 0.4) is 0 Å². The average molecular weight is 388 g/mol. The fraction of sp³-hybridized carbons (Fsp3) is 0.250. The molecule has 0 radical (unpaired) electrons. The molecular formula is C20H19ClFN3O2. The number of amides is 1. The van der Waals surface area contributed by atoms with Gasteiger partial charge in [0.15, 0.2) is 5.69 Å². The Hall–Kier alpha value is -2.73. The van der Waals surface area contributed by atoms with Crippen LogP contribution in [0.15, 0.2) is 30.3 Å². The zero-order valence-corrected chi connectivity index (χ0v) is 16.2. The fourth-order valence-electron chi connectivity index (χ4n) is 2.51. The van der Waals surface area contributed by atoms with E-state index in [0.29, 0.717) is 16.7 Å². The number of aryl methyl sites for hydroxylation is 2. The molecule has 3 aromatic rings. The molecule has 1 N–H and O–H groups in total. The quantitative estimate of drug-likeness (QED) is 0.678. The number of nitrogens with zero attached hydrogens (tertiary/aromatic N) is 2. The van der Waals surface area contributed by atoms with Gasteiger partial charge in [-0.25, -0.2) is 14.4 Å². The maximum Gasteiger partial charge on any atom is 0.279 e. The van der Waals surface area contributed by atoms with Crippen LogP contribution in [-0.4, -0.2) is 22.0 Å². The Morgan fingerprint density at radius 1 is 1.11 bits per heavy atom. The minimum absolute atomic E-state index is 0.0555. The molecule has 0 bridgehead atoms. The second-order valence-electron chi connectivity index (χ2n) is 6.55. The van der Waals surface area contributed by atoms with Crippen molar-refractivity contribution in [1.29, 1.82) is 0 Å². The first-order valence-electron chi connectivity index (χ1n) is 8.46. The number of ether oxygens (including phenoxy) is 1. The molecule has 0 spiro atoms. The molecule has 3 rings (SSSR count). The summed E-state index contributed by atoms with van der Waals surface area (Å²) in [5.41, 5.74) is 3.77. The van der Waals surface area contributed by atoms with Gasteiger partial charge in [0.25, 0.3) is 5.91 Å². The van der Waals surface area contributed by atoms with Gasteiger partial charge < -0.3 is 10.1 Å². The maximum absolute atomic E-state index is 13.3. The number of anilines is 1. The predicted octanol–water partition coefficient (Wildman–Crippen LogP) is 5.08. The van der Waals surface area contributed by atoms with E-state index < -0.39 is 11.7 Å². The molecule has 27 heavy (non-hydrogen) atoms. The molecule has 0 aliphatic rings. The van der Waals surface area contributed by atoms with Crippen molar-refractivity contribution in [2.75, 3.05) is 5.32 Å². The lowest BCUT2D eigenvalue weighted by molar-refractivity contribution is 0.101. The summed E-state index contributed by atoms with van der Waals surface area (Å²) < 4.78 is 19.0. The van der Waals surface area contributed by atoms with Crippen LogP contribution in [0.25, 0.3) is 11.0 Å². The summed E-state index contributed by atoms with van der Waals surface area (Å²) in [7, 11) is 0. The predicted molar refractivity (Wildman–Crippen MR) is 104 cm³/mol. The maximum atomic E-state index is 13.3. The Labute approximate surface area is 161 Å². The third kappa shape index (κ3) is 4.17. The zero-order valence-electron chi connectivity index (χ0n) is 15.4. The number of hydrogen-bond acceptors (Lipinski definition) is 4. The van der Waals surface area contributed by atoms with E-state index in [1.807, 2.05) is 39.8 Å². The highest BCUT2D eigenvalue weighted by Crippen LogP contribution is 2.25. The number of carbonyl (C=O) groups excluding carboxylic acids is 1. The first-order valence-corrected chi connectivity index (χ1v) is 8.84. The van der Waals surface area contributed by atoms with E-state index in [1.165, 1.54) is 18.2 Å². The lowest BCUT2D eigenvalue weighted by Crippen LogP contribution is -2.18. The summed E-state index contributed by atoms with van der Waals surface area (Å²) in [4.78, 5) is 21.7. The topological polar surface area (TPSA) is 64.1 Å². The highest BCUT2D eigenvalue weighted by atomic mass is 35.5. The molecule has 7 heteroatoms. The van der Waals surface area contributed by atoms with Gasteiger partial charge in [-0.05, 0) is 69.2 Å². The zero-order chi connectivity index (χ0) is 19.7. The van der Waals surface area contributed by atoms with Crippen LogP contribution in [0.4, 0.5) is 10.1 Å². The third-order valence-corrected chi connectivity index (χ3v) is 4.28. The molecule has 0 fully saturated rings. The van der Waals surface area contributed by atoms with Crippen LogP contribution in [0.5, 0.6) is 5.88 Å². The number of carbonyl (C=O) groups is 1. The Bertz CT molecular complexity index is 1040. The van der Waals surface area contributed by atoms with Crippen LogP contribution in [0.2, 0.25) is 5.02 Å². The molecule has 0 saturated carbocycles. The van der Waals surface area contributed by atoms with Gasteiger partial charge in [-0.2, -0.15) is 0 Å². The molecule has 2 aromatic carbocycles. The van der Waals surface area contributed by atoms with Gasteiger partial charge in [0, 0.05) is 5.69 Å². The van der Waals surface area contributed by atoms with E-state index in [4.69, 9.17) is 16.3 Å². The summed E-state index contributed by atoms with van der Waals surface area (Å²) in [6, 6.07) is 7.72. The minimum Gasteiger partial charge on any atom is -0.473 e. The number of nitrogens with one attached hydrogen (secondary N) is 1. The van der Waals surface area contributed by atoms with Crippen molar-refractivity contribution >= 4 is 34.2 Å². The first kappa shape index (κ1) is 19.0. The van der Waals surface area contributed by atoms with E-state index in [-0.39, 0.29) is 22.7 Å². The van der Waals surface area contributed by atoms with Crippen molar-refractivity contribution < 1.29 is 13.9 Å². The molecule has 1 amide bonds. The second kappa shape index (κ2) is 7.48.